The number of benzene rings is 1. The number of nitro groups is 1. The van der Waals surface area contributed by atoms with Crippen LogP contribution >= 0.6 is 11.8 Å². The van der Waals surface area contributed by atoms with Gasteiger partial charge >= 0.3 is 0 Å². The van der Waals surface area contributed by atoms with Gasteiger partial charge in [0.25, 0.3) is 5.69 Å². The topological polar surface area (TPSA) is 90.2 Å². The van der Waals surface area contributed by atoms with Gasteiger partial charge < -0.3 is 10.1 Å². The molecule has 0 atom stereocenters. The van der Waals surface area contributed by atoms with Gasteiger partial charge in [-0.25, -0.2) is 9.37 Å². The van der Waals surface area contributed by atoms with Crippen LogP contribution in [-0.4, -0.2) is 28.2 Å². The molecule has 110 valence electrons. The molecule has 0 saturated heterocycles. The number of anilines is 1. The van der Waals surface area contributed by atoms with Crippen LogP contribution in [0.4, 0.5) is 15.9 Å². The number of hydrogen-bond acceptors (Lipinski definition) is 7. The van der Waals surface area contributed by atoms with Crippen LogP contribution in [0.5, 0.6) is 11.6 Å². The van der Waals surface area contributed by atoms with Crippen molar-refractivity contribution in [3.63, 3.8) is 0 Å². The van der Waals surface area contributed by atoms with Gasteiger partial charge in [0.05, 0.1) is 11.0 Å². The summed E-state index contributed by atoms with van der Waals surface area (Å²) in [5, 5.41) is 13.9. The number of thioether (sulfide) groups is 1. The number of non-ortho nitro benzene ring substituents is 1. The molecule has 21 heavy (non-hydrogen) atoms. The van der Waals surface area contributed by atoms with E-state index >= 15 is 0 Å². The second kappa shape index (κ2) is 6.35. The molecule has 0 aliphatic rings. The van der Waals surface area contributed by atoms with Gasteiger partial charge in [0.15, 0.2) is 16.7 Å². The number of hydrogen-bond donors (Lipinski definition) is 1. The van der Waals surface area contributed by atoms with Crippen LogP contribution in [-0.2, 0) is 0 Å². The summed E-state index contributed by atoms with van der Waals surface area (Å²) in [5.74, 6) is -0.314. The molecule has 0 amide bonds. The van der Waals surface area contributed by atoms with Crippen molar-refractivity contribution in [2.75, 3.05) is 18.6 Å². The Balaban J connectivity index is 2.31. The number of ether oxygens (including phenoxy) is 1. The second-order valence-electron chi connectivity index (χ2n) is 3.80. The van der Waals surface area contributed by atoms with E-state index in [-0.39, 0.29) is 17.3 Å². The lowest BCUT2D eigenvalue weighted by Gasteiger charge is -2.08. The number of nitro benzene ring substituents is 1. The fourth-order valence-electron chi connectivity index (χ4n) is 1.47. The maximum Gasteiger partial charge on any atom is 0.272 e. The molecule has 0 aliphatic heterocycles. The standard InChI is InChI=1S/C12H11FN4O3S/c1-14-10-6-11(16-12(15-10)21-2)20-9-4-3-7(17(18)19)5-8(9)13/h3-6H,1-2H3,(H,14,15,16). The van der Waals surface area contributed by atoms with Crippen molar-refractivity contribution in [1.82, 2.24) is 9.97 Å². The molecule has 2 rings (SSSR count). The van der Waals surface area contributed by atoms with Crippen LogP contribution in [0, 0.1) is 15.9 Å². The van der Waals surface area contributed by atoms with Crippen LogP contribution in [0.2, 0.25) is 0 Å². The van der Waals surface area contributed by atoms with Crippen molar-refractivity contribution in [2.24, 2.45) is 0 Å². The fourth-order valence-corrected chi connectivity index (χ4v) is 1.85. The van der Waals surface area contributed by atoms with E-state index in [1.54, 1.807) is 13.3 Å². The van der Waals surface area contributed by atoms with E-state index in [4.69, 9.17) is 4.74 Å². The fraction of sp³-hybridized carbons (Fsp3) is 0.167. The zero-order valence-electron chi connectivity index (χ0n) is 11.2. The van der Waals surface area contributed by atoms with Crippen LogP contribution < -0.4 is 10.1 Å². The molecule has 0 spiro atoms. The van der Waals surface area contributed by atoms with E-state index < -0.39 is 10.7 Å². The third kappa shape index (κ3) is 3.57. The lowest BCUT2D eigenvalue weighted by molar-refractivity contribution is -0.385. The van der Waals surface area contributed by atoms with Gasteiger partial charge in [-0.3, -0.25) is 10.1 Å². The van der Waals surface area contributed by atoms with Crippen molar-refractivity contribution >= 4 is 23.3 Å². The molecule has 0 bridgehead atoms. The molecule has 1 aromatic carbocycles. The largest absolute Gasteiger partial charge is 0.436 e. The Morgan fingerprint density at radius 3 is 2.71 bits per heavy atom. The summed E-state index contributed by atoms with van der Waals surface area (Å²) >= 11 is 1.31. The van der Waals surface area contributed by atoms with Gasteiger partial charge in [-0.2, -0.15) is 4.98 Å². The zero-order valence-corrected chi connectivity index (χ0v) is 12.0. The number of rotatable bonds is 5. The molecule has 7 nitrogen and oxygen atoms in total. The van der Waals surface area contributed by atoms with Gasteiger partial charge in [0.1, 0.15) is 5.82 Å². The molecule has 0 radical (unpaired) electrons. The summed E-state index contributed by atoms with van der Waals surface area (Å²) in [7, 11) is 1.68. The highest BCUT2D eigenvalue weighted by Crippen LogP contribution is 2.28. The normalized spacial score (nSPS) is 10.2. The van der Waals surface area contributed by atoms with Gasteiger partial charge in [0.2, 0.25) is 5.88 Å². The zero-order chi connectivity index (χ0) is 15.4. The Bertz CT molecular complexity index is 661. The van der Waals surface area contributed by atoms with Crippen LogP contribution in [0.25, 0.3) is 0 Å². The Morgan fingerprint density at radius 2 is 2.14 bits per heavy atom. The summed E-state index contributed by atoms with van der Waals surface area (Å²) in [6.07, 6.45) is 1.80. The number of halogens is 1. The molecule has 2 aromatic rings. The first-order valence-electron chi connectivity index (χ1n) is 5.76. The minimum atomic E-state index is -0.834. The van der Waals surface area contributed by atoms with Crippen LogP contribution in [0.15, 0.2) is 29.4 Å². The summed E-state index contributed by atoms with van der Waals surface area (Å²) in [5.41, 5.74) is -0.344. The Kier molecular flexibility index (Phi) is 4.53. The molecule has 1 aromatic heterocycles. The van der Waals surface area contributed by atoms with Crippen molar-refractivity contribution in [3.8, 4) is 11.6 Å². The quantitative estimate of drug-likeness (QED) is 0.393. The highest BCUT2D eigenvalue weighted by atomic mass is 32.2. The first-order valence-corrected chi connectivity index (χ1v) is 6.98. The highest BCUT2D eigenvalue weighted by molar-refractivity contribution is 7.98. The van der Waals surface area contributed by atoms with E-state index in [0.717, 1.165) is 12.1 Å². The Hall–Kier alpha value is -2.42. The summed E-state index contributed by atoms with van der Waals surface area (Å²) in [4.78, 5) is 18.1. The predicted octanol–water partition coefficient (Wildman–Crippen LogP) is 3.08. The van der Waals surface area contributed by atoms with Crippen LogP contribution in [0.1, 0.15) is 0 Å². The van der Waals surface area contributed by atoms with E-state index in [1.165, 1.54) is 23.9 Å². The maximum absolute atomic E-state index is 13.8. The van der Waals surface area contributed by atoms with E-state index in [9.17, 15) is 14.5 Å². The molecule has 9 heteroatoms. The first-order chi connectivity index (χ1) is 10.0. The summed E-state index contributed by atoms with van der Waals surface area (Å²) < 4.78 is 19.1. The van der Waals surface area contributed by atoms with E-state index in [0.29, 0.717) is 11.0 Å². The molecule has 1 N–H and O–H groups in total. The molecule has 0 fully saturated rings. The molecule has 0 unspecified atom stereocenters. The molecular weight excluding hydrogens is 299 g/mol. The van der Waals surface area contributed by atoms with Gasteiger partial charge in [-0.15, -0.1) is 0 Å². The number of nitrogens with zero attached hydrogens (tertiary/aromatic N) is 3. The summed E-state index contributed by atoms with van der Waals surface area (Å²) in [6.45, 7) is 0. The lowest BCUT2D eigenvalue weighted by atomic mass is 10.3. The Labute approximate surface area is 123 Å². The first kappa shape index (κ1) is 15.0. The smallest absolute Gasteiger partial charge is 0.272 e. The summed E-state index contributed by atoms with van der Waals surface area (Å²) in [6, 6.07) is 4.65. The SMILES string of the molecule is CNc1cc(Oc2ccc([N+](=O)[O-])cc2F)nc(SC)n1. The third-order valence-corrected chi connectivity index (χ3v) is 3.01. The maximum atomic E-state index is 13.8. The third-order valence-electron chi connectivity index (χ3n) is 2.46. The average molecular weight is 310 g/mol. The molecule has 0 aliphatic carbocycles. The number of aromatic nitrogens is 2. The Morgan fingerprint density at radius 1 is 1.38 bits per heavy atom. The van der Waals surface area contributed by atoms with E-state index in [1.807, 2.05) is 0 Å². The van der Waals surface area contributed by atoms with Crippen molar-refractivity contribution in [1.29, 1.82) is 0 Å². The minimum absolute atomic E-state index is 0.145. The van der Waals surface area contributed by atoms with Crippen molar-refractivity contribution in [2.45, 2.75) is 5.16 Å². The monoisotopic (exact) mass is 310 g/mol. The average Bonchev–Trinajstić information content (AvgIpc) is 2.48. The second-order valence-corrected chi connectivity index (χ2v) is 4.58. The molecular formula is C12H11FN4O3S. The van der Waals surface area contributed by atoms with Crippen molar-refractivity contribution in [3.05, 3.63) is 40.2 Å². The lowest BCUT2D eigenvalue weighted by Crippen LogP contribution is -1.99. The highest BCUT2D eigenvalue weighted by Gasteiger charge is 2.13. The predicted molar refractivity (Wildman–Crippen MR) is 76.5 cm³/mol. The number of nitrogens with one attached hydrogen (secondary N) is 1. The molecule has 0 saturated carbocycles. The van der Waals surface area contributed by atoms with Gasteiger partial charge in [-0.1, -0.05) is 11.8 Å². The molecule has 1 heterocycles. The van der Waals surface area contributed by atoms with Gasteiger partial charge in [-0.05, 0) is 12.3 Å². The van der Waals surface area contributed by atoms with Crippen LogP contribution in [0.3, 0.4) is 0 Å². The van der Waals surface area contributed by atoms with Crippen molar-refractivity contribution < 1.29 is 14.1 Å². The van der Waals surface area contributed by atoms with E-state index in [2.05, 4.69) is 15.3 Å². The van der Waals surface area contributed by atoms with Gasteiger partial charge in [0, 0.05) is 19.2 Å². The minimum Gasteiger partial charge on any atom is -0.436 e.